The first-order valence-electron chi connectivity index (χ1n) is 9.57. The largest absolute Gasteiger partial charge is 0.468 e. The van der Waals surface area contributed by atoms with Gasteiger partial charge in [0.15, 0.2) is 6.61 Å². The maximum Gasteiger partial charge on any atom is 0.422 e. The highest BCUT2D eigenvalue weighted by atomic mass is 19.4. The summed E-state index contributed by atoms with van der Waals surface area (Å²) in [7, 11) is 0. The van der Waals surface area contributed by atoms with Crippen molar-refractivity contribution in [2.24, 2.45) is 5.92 Å². The van der Waals surface area contributed by atoms with Crippen LogP contribution in [0.2, 0.25) is 0 Å². The number of ether oxygens (including phenoxy) is 1. The van der Waals surface area contributed by atoms with Gasteiger partial charge in [-0.15, -0.1) is 0 Å². The summed E-state index contributed by atoms with van der Waals surface area (Å²) in [6, 6.07) is 5.84. The van der Waals surface area contributed by atoms with Gasteiger partial charge in [-0.1, -0.05) is 0 Å². The van der Waals surface area contributed by atoms with Gasteiger partial charge < -0.3 is 10.1 Å². The number of amides is 1. The summed E-state index contributed by atoms with van der Waals surface area (Å²) in [6.45, 7) is 2.18. The Morgan fingerprint density at radius 3 is 2.60 bits per heavy atom. The summed E-state index contributed by atoms with van der Waals surface area (Å²) in [5.41, 5.74) is 2.43. The van der Waals surface area contributed by atoms with Crippen LogP contribution in [0.15, 0.2) is 30.5 Å². The Morgan fingerprint density at radius 1 is 1.27 bits per heavy atom. The number of alkyl halides is 3. The standard InChI is InChI=1S/C21H22F3N3O3/c1-12-7-16(8-17(26-12)9-18(28)14-3-4-14)13(2)27-20(29)15-5-6-19(25-10-15)30-11-21(22,23)24/h5-8,10,13-14H,3-4,9,11H2,1-2H3,(H,27,29). The zero-order valence-corrected chi connectivity index (χ0v) is 16.6. The van der Waals surface area contributed by atoms with Gasteiger partial charge in [-0.3, -0.25) is 14.6 Å². The van der Waals surface area contributed by atoms with Crippen LogP contribution in [0.25, 0.3) is 0 Å². The van der Waals surface area contributed by atoms with Crippen molar-refractivity contribution in [1.29, 1.82) is 0 Å². The third-order valence-electron chi connectivity index (χ3n) is 4.65. The minimum Gasteiger partial charge on any atom is -0.468 e. The fourth-order valence-corrected chi connectivity index (χ4v) is 2.95. The van der Waals surface area contributed by atoms with Crippen LogP contribution in [0.1, 0.15) is 53.1 Å². The Morgan fingerprint density at radius 2 is 2.00 bits per heavy atom. The predicted octanol–water partition coefficient (Wildman–Crippen LogP) is 3.74. The number of aryl methyl sites for hydroxylation is 1. The highest BCUT2D eigenvalue weighted by Gasteiger charge is 2.30. The Bertz CT molecular complexity index is 925. The molecule has 2 aromatic rings. The smallest absolute Gasteiger partial charge is 0.422 e. The van der Waals surface area contributed by atoms with Gasteiger partial charge in [0.25, 0.3) is 5.91 Å². The first kappa shape index (κ1) is 21.7. The van der Waals surface area contributed by atoms with E-state index in [-0.39, 0.29) is 35.6 Å². The Hall–Kier alpha value is -2.97. The summed E-state index contributed by atoms with van der Waals surface area (Å²) in [4.78, 5) is 32.7. The molecule has 6 nitrogen and oxygen atoms in total. The quantitative estimate of drug-likeness (QED) is 0.702. The van der Waals surface area contributed by atoms with Crippen LogP contribution in [0.4, 0.5) is 13.2 Å². The highest BCUT2D eigenvalue weighted by molar-refractivity contribution is 5.94. The molecular weight excluding hydrogens is 399 g/mol. The molecule has 1 saturated carbocycles. The van der Waals surface area contributed by atoms with E-state index in [1.165, 1.54) is 12.1 Å². The van der Waals surface area contributed by atoms with Crippen molar-refractivity contribution in [3.05, 3.63) is 53.0 Å². The van der Waals surface area contributed by atoms with Crippen molar-refractivity contribution >= 4 is 11.7 Å². The van der Waals surface area contributed by atoms with Crippen LogP contribution in [0.5, 0.6) is 5.88 Å². The number of halogens is 3. The van der Waals surface area contributed by atoms with Crippen LogP contribution < -0.4 is 10.1 Å². The summed E-state index contributed by atoms with van der Waals surface area (Å²) in [5, 5.41) is 2.82. The average molecular weight is 421 g/mol. The number of rotatable bonds is 8. The van der Waals surface area contributed by atoms with Crippen LogP contribution in [0.3, 0.4) is 0 Å². The first-order chi connectivity index (χ1) is 14.1. The molecule has 1 unspecified atom stereocenters. The zero-order chi connectivity index (χ0) is 21.9. The van der Waals surface area contributed by atoms with Crippen molar-refractivity contribution in [3.8, 4) is 5.88 Å². The van der Waals surface area contributed by atoms with E-state index in [1.54, 1.807) is 6.92 Å². The summed E-state index contributed by atoms with van der Waals surface area (Å²) in [5.74, 6) is -0.299. The number of Topliss-reactive ketones (excluding diaryl/α,β-unsaturated/α-hetero) is 1. The number of nitrogens with zero attached hydrogens (tertiary/aromatic N) is 2. The van der Waals surface area contributed by atoms with Crippen LogP contribution in [-0.2, 0) is 11.2 Å². The lowest BCUT2D eigenvalue weighted by molar-refractivity contribution is -0.154. The number of ketones is 1. The van der Waals surface area contributed by atoms with Crippen LogP contribution in [0, 0.1) is 12.8 Å². The molecule has 160 valence electrons. The lowest BCUT2D eigenvalue weighted by Gasteiger charge is -2.16. The molecule has 2 heterocycles. The minimum atomic E-state index is -4.46. The van der Waals surface area contributed by atoms with Gasteiger partial charge in [-0.05, 0) is 50.5 Å². The van der Waals surface area contributed by atoms with Gasteiger partial charge in [0, 0.05) is 36.0 Å². The second-order valence-electron chi connectivity index (χ2n) is 7.43. The van der Waals surface area contributed by atoms with E-state index in [0.717, 1.165) is 30.3 Å². The molecule has 30 heavy (non-hydrogen) atoms. The number of carbonyl (C=O) groups excluding carboxylic acids is 2. The normalized spacial score (nSPS) is 14.8. The van der Waals surface area contributed by atoms with Crippen molar-refractivity contribution in [2.75, 3.05) is 6.61 Å². The topological polar surface area (TPSA) is 81.2 Å². The highest BCUT2D eigenvalue weighted by Crippen LogP contribution is 2.31. The molecule has 0 spiro atoms. The fraction of sp³-hybridized carbons (Fsp3) is 0.429. The molecule has 0 bridgehead atoms. The van der Waals surface area contributed by atoms with Crippen molar-refractivity contribution in [3.63, 3.8) is 0 Å². The molecule has 0 radical (unpaired) electrons. The third-order valence-corrected chi connectivity index (χ3v) is 4.65. The van der Waals surface area contributed by atoms with E-state index in [2.05, 4.69) is 20.0 Å². The molecule has 0 aliphatic heterocycles. The number of hydrogen-bond acceptors (Lipinski definition) is 5. The van der Waals surface area contributed by atoms with E-state index in [0.29, 0.717) is 5.69 Å². The molecule has 1 N–H and O–H groups in total. The lowest BCUT2D eigenvalue weighted by Crippen LogP contribution is -2.27. The molecule has 0 saturated heterocycles. The SMILES string of the molecule is Cc1cc(C(C)NC(=O)c2ccc(OCC(F)(F)F)nc2)cc(CC(=O)C2CC2)n1. The Balaban J connectivity index is 1.62. The number of pyridine rings is 2. The second kappa shape index (κ2) is 8.81. The van der Waals surface area contributed by atoms with Gasteiger partial charge >= 0.3 is 6.18 Å². The lowest BCUT2D eigenvalue weighted by atomic mass is 10.0. The Kier molecular flexibility index (Phi) is 6.38. The molecule has 1 amide bonds. The van der Waals surface area contributed by atoms with Gasteiger partial charge in [0.1, 0.15) is 5.78 Å². The minimum absolute atomic E-state index is 0.156. The molecule has 9 heteroatoms. The van der Waals surface area contributed by atoms with Crippen molar-refractivity contribution in [1.82, 2.24) is 15.3 Å². The van der Waals surface area contributed by atoms with Gasteiger partial charge in [-0.25, -0.2) is 4.98 Å². The van der Waals surface area contributed by atoms with Crippen LogP contribution >= 0.6 is 0 Å². The van der Waals surface area contributed by atoms with E-state index < -0.39 is 18.7 Å². The van der Waals surface area contributed by atoms with Gasteiger partial charge in [-0.2, -0.15) is 13.2 Å². The molecule has 3 rings (SSSR count). The molecule has 1 fully saturated rings. The number of nitrogens with one attached hydrogen (secondary N) is 1. The zero-order valence-electron chi connectivity index (χ0n) is 16.6. The molecule has 2 aromatic heterocycles. The van der Waals surface area contributed by atoms with Gasteiger partial charge in [0.2, 0.25) is 5.88 Å². The van der Waals surface area contributed by atoms with E-state index in [9.17, 15) is 22.8 Å². The average Bonchev–Trinajstić information content (AvgIpc) is 3.51. The monoisotopic (exact) mass is 421 g/mol. The predicted molar refractivity (Wildman–Crippen MR) is 102 cm³/mol. The number of carbonyl (C=O) groups is 2. The van der Waals surface area contributed by atoms with Crippen LogP contribution in [-0.4, -0.2) is 34.4 Å². The molecular formula is C21H22F3N3O3. The van der Waals surface area contributed by atoms with E-state index >= 15 is 0 Å². The number of hydrogen-bond donors (Lipinski definition) is 1. The van der Waals surface area contributed by atoms with Crippen molar-refractivity contribution in [2.45, 2.75) is 45.3 Å². The fourth-order valence-electron chi connectivity index (χ4n) is 2.95. The van der Waals surface area contributed by atoms with Gasteiger partial charge in [0.05, 0.1) is 11.6 Å². The maximum atomic E-state index is 12.5. The molecule has 1 atom stereocenters. The molecule has 0 aromatic carbocycles. The third kappa shape index (κ3) is 6.27. The second-order valence-corrected chi connectivity index (χ2v) is 7.43. The van der Waals surface area contributed by atoms with E-state index in [4.69, 9.17) is 0 Å². The van der Waals surface area contributed by atoms with Crippen molar-refractivity contribution < 1.29 is 27.5 Å². The summed E-state index contributed by atoms with van der Waals surface area (Å²) in [6.07, 6.45) is -1.14. The first-order valence-corrected chi connectivity index (χ1v) is 9.57. The number of aromatic nitrogens is 2. The van der Waals surface area contributed by atoms with E-state index in [1.807, 2.05) is 19.1 Å². The maximum absolute atomic E-state index is 12.5. The molecule has 1 aliphatic carbocycles. The Labute approximate surface area is 171 Å². The summed E-state index contributed by atoms with van der Waals surface area (Å²) >= 11 is 0. The summed E-state index contributed by atoms with van der Waals surface area (Å²) < 4.78 is 41.1. The molecule has 1 aliphatic rings.